The standard InChI is InChI=1S/C29H22N2S/c1-29(2)22-12-6-7-14-26(22)32-27-16-15-20(17-23(27)29)25-18-30-28-21(11-8-13-24(28)31-25)19-9-4-3-5-10-19/h3-18H,1-2H3. The van der Waals surface area contributed by atoms with E-state index in [1.807, 2.05) is 30.1 Å². The van der Waals surface area contributed by atoms with E-state index < -0.39 is 0 Å². The summed E-state index contributed by atoms with van der Waals surface area (Å²) < 4.78 is 0. The quantitative estimate of drug-likeness (QED) is 0.286. The summed E-state index contributed by atoms with van der Waals surface area (Å²) in [6, 6.07) is 32.0. The lowest BCUT2D eigenvalue weighted by Crippen LogP contribution is -2.23. The van der Waals surface area contributed by atoms with Gasteiger partial charge in [0, 0.05) is 26.3 Å². The van der Waals surface area contributed by atoms with Crippen LogP contribution in [0.15, 0.2) is 107 Å². The van der Waals surface area contributed by atoms with Gasteiger partial charge in [-0.25, -0.2) is 4.98 Å². The van der Waals surface area contributed by atoms with Gasteiger partial charge in [0.1, 0.15) is 0 Å². The summed E-state index contributed by atoms with van der Waals surface area (Å²) in [6.45, 7) is 4.62. The molecule has 5 aromatic rings. The number of hydrogen-bond acceptors (Lipinski definition) is 3. The van der Waals surface area contributed by atoms with E-state index in [4.69, 9.17) is 9.97 Å². The molecule has 4 aromatic carbocycles. The van der Waals surface area contributed by atoms with Crippen LogP contribution in [0.1, 0.15) is 25.0 Å². The van der Waals surface area contributed by atoms with E-state index in [0.717, 1.165) is 33.4 Å². The van der Waals surface area contributed by atoms with Crippen molar-refractivity contribution in [3.8, 4) is 22.4 Å². The van der Waals surface area contributed by atoms with Crippen molar-refractivity contribution in [2.75, 3.05) is 0 Å². The van der Waals surface area contributed by atoms with Gasteiger partial charge in [0.25, 0.3) is 0 Å². The van der Waals surface area contributed by atoms with E-state index in [1.165, 1.54) is 20.9 Å². The molecular weight excluding hydrogens is 408 g/mol. The highest BCUT2D eigenvalue weighted by Crippen LogP contribution is 2.49. The van der Waals surface area contributed by atoms with Crippen molar-refractivity contribution in [2.24, 2.45) is 0 Å². The molecule has 2 nitrogen and oxygen atoms in total. The Kier molecular flexibility index (Phi) is 4.41. The van der Waals surface area contributed by atoms with Gasteiger partial charge >= 0.3 is 0 Å². The first-order valence-corrected chi connectivity index (χ1v) is 11.7. The lowest BCUT2D eigenvalue weighted by atomic mass is 9.77. The number of nitrogens with zero attached hydrogens (tertiary/aromatic N) is 2. The van der Waals surface area contributed by atoms with Crippen molar-refractivity contribution in [3.63, 3.8) is 0 Å². The third-order valence-electron chi connectivity index (χ3n) is 6.39. The normalized spacial score (nSPS) is 14.1. The SMILES string of the molecule is CC1(C)c2ccccc2Sc2ccc(-c3cnc4c(-c5ccccc5)cccc4n3)cc21. The molecule has 0 saturated carbocycles. The summed E-state index contributed by atoms with van der Waals surface area (Å²) in [5.41, 5.74) is 8.81. The first-order chi connectivity index (χ1) is 15.6. The largest absolute Gasteiger partial charge is 0.252 e. The fraction of sp³-hybridized carbons (Fsp3) is 0.103. The van der Waals surface area contributed by atoms with Gasteiger partial charge < -0.3 is 0 Å². The second kappa shape index (κ2) is 7.32. The predicted octanol–water partition coefficient (Wildman–Crippen LogP) is 7.75. The number of aromatic nitrogens is 2. The third-order valence-corrected chi connectivity index (χ3v) is 7.54. The van der Waals surface area contributed by atoms with Crippen LogP contribution in [0.5, 0.6) is 0 Å². The van der Waals surface area contributed by atoms with E-state index in [-0.39, 0.29) is 5.41 Å². The van der Waals surface area contributed by atoms with Gasteiger partial charge in [-0.05, 0) is 41.0 Å². The van der Waals surface area contributed by atoms with E-state index in [2.05, 4.69) is 92.7 Å². The Morgan fingerprint density at radius 3 is 2.34 bits per heavy atom. The summed E-state index contributed by atoms with van der Waals surface area (Å²) >= 11 is 1.85. The molecule has 0 unspecified atom stereocenters. The smallest absolute Gasteiger partial charge is 0.0965 e. The second-order valence-corrected chi connectivity index (χ2v) is 9.81. The van der Waals surface area contributed by atoms with Gasteiger partial charge in [0.15, 0.2) is 0 Å². The first-order valence-electron chi connectivity index (χ1n) is 10.8. The van der Waals surface area contributed by atoms with Crippen LogP contribution in [-0.2, 0) is 5.41 Å². The summed E-state index contributed by atoms with van der Waals surface area (Å²) in [4.78, 5) is 12.5. The highest BCUT2D eigenvalue weighted by Gasteiger charge is 2.33. The van der Waals surface area contributed by atoms with Crippen LogP contribution >= 0.6 is 11.8 Å². The highest BCUT2D eigenvalue weighted by molar-refractivity contribution is 7.99. The lowest BCUT2D eigenvalue weighted by Gasteiger charge is -2.34. The first kappa shape index (κ1) is 19.3. The topological polar surface area (TPSA) is 25.8 Å². The molecule has 6 rings (SSSR count). The van der Waals surface area contributed by atoms with Crippen molar-refractivity contribution in [2.45, 2.75) is 29.1 Å². The Hall–Kier alpha value is -3.43. The molecule has 154 valence electrons. The average Bonchev–Trinajstić information content (AvgIpc) is 2.84. The Balaban J connectivity index is 1.46. The molecule has 0 atom stereocenters. The molecule has 1 aliphatic rings. The molecule has 0 fully saturated rings. The van der Waals surface area contributed by atoms with Gasteiger partial charge in [0.2, 0.25) is 0 Å². The van der Waals surface area contributed by atoms with Crippen LogP contribution in [-0.4, -0.2) is 9.97 Å². The van der Waals surface area contributed by atoms with Crippen LogP contribution in [0, 0.1) is 0 Å². The van der Waals surface area contributed by atoms with Gasteiger partial charge in [-0.1, -0.05) is 92.3 Å². The van der Waals surface area contributed by atoms with E-state index >= 15 is 0 Å². The molecule has 2 heterocycles. The van der Waals surface area contributed by atoms with E-state index in [0.29, 0.717) is 0 Å². The molecular formula is C29H22N2S. The van der Waals surface area contributed by atoms with Gasteiger partial charge in [-0.2, -0.15) is 0 Å². The minimum absolute atomic E-state index is 0.0576. The Labute approximate surface area is 192 Å². The molecule has 0 bridgehead atoms. The van der Waals surface area contributed by atoms with Crippen LogP contribution in [0.25, 0.3) is 33.4 Å². The van der Waals surface area contributed by atoms with Gasteiger partial charge in [0.05, 0.1) is 22.9 Å². The summed E-state index contributed by atoms with van der Waals surface area (Å²) in [6.07, 6.45) is 1.91. The molecule has 0 N–H and O–H groups in total. The molecule has 0 aliphatic carbocycles. The van der Waals surface area contributed by atoms with E-state index in [9.17, 15) is 0 Å². The molecule has 0 radical (unpaired) electrons. The number of rotatable bonds is 2. The minimum atomic E-state index is -0.0576. The molecule has 32 heavy (non-hydrogen) atoms. The molecule has 0 amide bonds. The zero-order chi connectivity index (χ0) is 21.7. The summed E-state index contributed by atoms with van der Waals surface area (Å²) in [5, 5.41) is 0. The van der Waals surface area contributed by atoms with Crippen LogP contribution < -0.4 is 0 Å². The number of hydrogen-bond donors (Lipinski definition) is 0. The van der Waals surface area contributed by atoms with Crippen LogP contribution in [0.2, 0.25) is 0 Å². The van der Waals surface area contributed by atoms with Gasteiger partial charge in [-0.15, -0.1) is 0 Å². The Morgan fingerprint density at radius 1 is 0.688 bits per heavy atom. The average molecular weight is 431 g/mol. The molecule has 0 spiro atoms. The third kappa shape index (κ3) is 3.04. The Bertz CT molecular complexity index is 1470. The van der Waals surface area contributed by atoms with Crippen molar-refractivity contribution in [1.82, 2.24) is 9.97 Å². The van der Waals surface area contributed by atoms with Crippen molar-refractivity contribution >= 4 is 22.8 Å². The monoisotopic (exact) mass is 430 g/mol. The Morgan fingerprint density at radius 2 is 1.47 bits per heavy atom. The fourth-order valence-electron chi connectivity index (χ4n) is 4.63. The molecule has 1 aromatic heterocycles. The number of benzene rings is 4. The summed E-state index contributed by atoms with van der Waals surface area (Å²) in [7, 11) is 0. The highest BCUT2D eigenvalue weighted by atomic mass is 32.2. The minimum Gasteiger partial charge on any atom is -0.252 e. The maximum atomic E-state index is 5.00. The molecule has 1 aliphatic heterocycles. The fourth-order valence-corrected chi connectivity index (χ4v) is 6.01. The maximum Gasteiger partial charge on any atom is 0.0965 e. The maximum absolute atomic E-state index is 5.00. The van der Waals surface area contributed by atoms with Crippen LogP contribution in [0.4, 0.5) is 0 Å². The zero-order valence-electron chi connectivity index (χ0n) is 18.0. The van der Waals surface area contributed by atoms with Crippen molar-refractivity contribution in [3.05, 3.63) is 108 Å². The summed E-state index contributed by atoms with van der Waals surface area (Å²) in [5.74, 6) is 0. The molecule has 3 heteroatoms. The zero-order valence-corrected chi connectivity index (χ0v) is 18.9. The number of para-hydroxylation sites is 1. The predicted molar refractivity (Wildman–Crippen MR) is 133 cm³/mol. The van der Waals surface area contributed by atoms with Crippen molar-refractivity contribution < 1.29 is 0 Å². The second-order valence-electron chi connectivity index (χ2n) is 8.73. The van der Waals surface area contributed by atoms with Crippen LogP contribution in [0.3, 0.4) is 0 Å². The molecule has 0 saturated heterocycles. The van der Waals surface area contributed by atoms with E-state index in [1.54, 1.807) is 0 Å². The lowest BCUT2D eigenvalue weighted by molar-refractivity contribution is 0.607. The van der Waals surface area contributed by atoms with Gasteiger partial charge in [-0.3, -0.25) is 4.98 Å². The van der Waals surface area contributed by atoms with Crippen molar-refractivity contribution in [1.29, 1.82) is 0 Å². The number of fused-ring (bicyclic) bond motifs is 3.